The number of fused-ring (bicyclic) bond motifs is 1. The van der Waals surface area contributed by atoms with Crippen LogP contribution in [0.5, 0.6) is 0 Å². The number of aromatic nitrogens is 1. The van der Waals surface area contributed by atoms with Crippen molar-refractivity contribution in [3.63, 3.8) is 0 Å². The van der Waals surface area contributed by atoms with E-state index in [2.05, 4.69) is 34.6 Å². The summed E-state index contributed by atoms with van der Waals surface area (Å²) in [5.74, 6) is 0.921. The summed E-state index contributed by atoms with van der Waals surface area (Å²) in [6.45, 7) is 3.97. The third-order valence-corrected chi connectivity index (χ3v) is 5.22. The Labute approximate surface area is 124 Å². The van der Waals surface area contributed by atoms with Crippen LogP contribution in [0, 0.1) is 13.8 Å². The van der Waals surface area contributed by atoms with Gasteiger partial charge in [0.15, 0.2) is 0 Å². The number of nitrogens with zero attached hydrogens (tertiary/aromatic N) is 1. The average molecular weight is 288 g/mol. The maximum absolute atomic E-state index is 5.72. The fourth-order valence-corrected chi connectivity index (χ4v) is 4.10. The van der Waals surface area contributed by atoms with Crippen LogP contribution in [0.1, 0.15) is 35.0 Å². The van der Waals surface area contributed by atoms with Crippen LogP contribution in [-0.2, 0) is 6.42 Å². The van der Waals surface area contributed by atoms with Crippen LogP contribution in [-0.4, -0.2) is 17.3 Å². The van der Waals surface area contributed by atoms with E-state index in [1.54, 1.807) is 11.8 Å². The molecule has 4 heteroatoms. The second-order valence-electron chi connectivity index (χ2n) is 5.28. The third-order valence-electron chi connectivity index (χ3n) is 4.03. The van der Waals surface area contributed by atoms with Gasteiger partial charge in [0, 0.05) is 11.3 Å². The molecule has 1 aromatic heterocycles. The van der Waals surface area contributed by atoms with Gasteiger partial charge in [0.25, 0.3) is 5.22 Å². The van der Waals surface area contributed by atoms with Crippen molar-refractivity contribution >= 4 is 11.8 Å². The molecule has 1 N–H and O–H groups in total. The molecular weight excluding hydrogens is 268 g/mol. The van der Waals surface area contributed by atoms with Crippen LogP contribution in [0.15, 0.2) is 33.9 Å². The molecule has 0 saturated carbocycles. The van der Waals surface area contributed by atoms with E-state index in [-0.39, 0.29) is 0 Å². The lowest BCUT2D eigenvalue weighted by Gasteiger charge is -2.32. The Morgan fingerprint density at radius 2 is 2.10 bits per heavy atom. The number of thioether (sulfide) groups is 1. The zero-order chi connectivity index (χ0) is 14.1. The zero-order valence-corrected chi connectivity index (χ0v) is 13.0. The van der Waals surface area contributed by atoms with E-state index < -0.39 is 0 Å². The highest BCUT2D eigenvalue weighted by Gasteiger charge is 2.30. The maximum atomic E-state index is 5.72. The predicted molar refractivity (Wildman–Crippen MR) is 82.2 cm³/mol. The van der Waals surface area contributed by atoms with Crippen LogP contribution in [0.25, 0.3) is 0 Å². The summed E-state index contributed by atoms with van der Waals surface area (Å²) < 4.78 is 5.72. The SMILES string of the molecule is CNC1c2ccccc2CCC1Sc1nc(C)c(C)o1. The Morgan fingerprint density at radius 1 is 1.30 bits per heavy atom. The highest BCUT2D eigenvalue weighted by Crippen LogP contribution is 2.39. The molecular formula is C16H20N2OS. The monoisotopic (exact) mass is 288 g/mol. The lowest BCUT2D eigenvalue weighted by molar-refractivity contribution is 0.425. The van der Waals surface area contributed by atoms with Crippen molar-refractivity contribution in [2.24, 2.45) is 0 Å². The Balaban J connectivity index is 1.84. The normalized spacial score (nSPS) is 21.8. The fourth-order valence-electron chi connectivity index (χ4n) is 2.82. The van der Waals surface area contributed by atoms with Crippen LogP contribution in [0.3, 0.4) is 0 Å². The van der Waals surface area contributed by atoms with Crippen molar-refractivity contribution in [2.75, 3.05) is 7.05 Å². The highest BCUT2D eigenvalue weighted by atomic mass is 32.2. The van der Waals surface area contributed by atoms with Crippen molar-refractivity contribution < 1.29 is 4.42 Å². The van der Waals surface area contributed by atoms with Crippen LogP contribution >= 0.6 is 11.8 Å². The zero-order valence-electron chi connectivity index (χ0n) is 12.1. The van der Waals surface area contributed by atoms with E-state index in [9.17, 15) is 0 Å². The van der Waals surface area contributed by atoms with Gasteiger partial charge in [-0.05, 0) is 44.9 Å². The quantitative estimate of drug-likeness (QED) is 0.935. The number of oxazole rings is 1. The summed E-state index contributed by atoms with van der Waals surface area (Å²) in [4.78, 5) is 4.50. The average Bonchev–Trinajstić information content (AvgIpc) is 2.77. The second-order valence-corrected chi connectivity index (χ2v) is 6.47. The minimum atomic E-state index is 0.359. The van der Waals surface area contributed by atoms with Crippen molar-refractivity contribution in [3.05, 3.63) is 46.8 Å². The van der Waals surface area contributed by atoms with E-state index in [1.165, 1.54) is 11.1 Å². The first-order valence-electron chi connectivity index (χ1n) is 7.05. The van der Waals surface area contributed by atoms with Gasteiger partial charge in [-0.3, -0.25) is 0 Å². The molecule has 0 fully saturated rings. The number of rotatable bonds is 3. The summed E-state index contributed by atoms with van der Waals surface area (Å²) in [5, 5.41) is 4.72. The van der Waals surface area contributed by atoms with Gasteiger partial charge in [0.2, 0.25) is 0 Å². The van der Waals surface area contributed by atoms with Gasteiger partial charge in [-0.1, -0.05) is 36.0 Å². The van der Waals surface area contributed by atoms with Crippen LogP contribution < -0.4 is 5.32 Å². The van der Waals surface area contributed by atoms with Gasteiger partial charge < -0.3 is 9.73 Å². The number of hydrogen-bond donors (Lipinski definition) is 1. The molecule has 1 aliphatic carbocycles. The number of hydrogen-bond acceptors (Lipinski definition) is 4. The van der Waals surface area contributed by atoms with Crippen LogP contribution in [0.2, 0.25) is 0 Å². The maximum Gasteiger partial charge on any atom is 0.256 e. The molecule has 0 bridgehead atoms. The first-order chi connectivity index (χ1) is 9.69. The van der Waals surface area contributed by atoms with Crippen LogP contribution in [0.4, 0.5) is 0 Å². The first kappa shape index (κ1) is 13.7. The minimum absolute atomic E-state index is 0.359. The molecule has 3 rings (SSSR count). The molecule has 0 amide bonds. The summed E-state index contributed by atoms with van der Waals surface area (Å²) in [6.07, 6.45) is 2.28. The molecule has 3 nitrogen and oxygen atoms in total. The van der Waals surface area contributed by atoms with Gasteiger partial charge in [-0.25, -0.2) is 4.98 Å². The molecule has 0 spiro atoms. The molecule has 20 heavy (non-hydrogen) atoms. The largest absolute Gasteiger partial charge is 0.437 e. The Morgan fingerprint density at radius 3 is 2.80 bits per heavy atom. The smallest absolute Gasteiger partial charge is 0.256 e. The lowest BCUT2D eigenvalue weighted by atomic mass is 9.87. The van der Waals surface area contributed by atoms with Crippen molar-refractivity contribution in [1.29, 1.82) is 0 Å². The van der Waals surface area contributed by atoms with E-state index >= 15 is 0 Å². The highest BCUT2D eigenvalue weighted by molar-refractivity contribution is 7.99. The van der Waals surface area contributed by atoms with E-state index in [4.69, 9.17) is 4.42 Å². The van der Waals surface area contributed by atoms with E-state index in [0.29, 0.717) is 11.3 Å². The Bertz CT molecular complexity index is 589. The topological polar surface area (TPSA) is 38.1 Å². The molecule has 0 aliphatic heterocycles. The molecule has 1 heterocycles. The predicted octanol–water partition coefficient (Wildman–Crippen LogP) is 3.66. The Kier molecular flexibility index (Phi) is 3.85. The molecule has 106 valence electrons. The number of aryl methyl sites for hydroxylation is 3. The molecule has 1 aliphatic rings. The Hall–Kier alpha value is -1.26. The third kappa shape index (κ3) is 2.50. The number of nitrogens with one attached hydrogen (secondary N) is 1. The van der Waals surface area contributed by atoms with E-state index in [1.807, 2.05) is 20.9 Å². The summed E-state index contributed by atoms with van der Waals surface area (Å²) in [7, 11) is 2.03. The molecule has 2 aromatic rings. The summed E-state index contributed by atoms with van der Waals surface area (Å²) >= 11 is 1.76. The molecule has 2 unspecified atom stereocenters. The molecule has 0 radical (unpaired) electrons. The molecule has 1 aromatic carbocycles. The fraction of sp³-hybridized carbons (Fsp3) is 0.438. The lowest BCUT2D eigenvalue weighted by Crippen LogP contribution is -2.32. The first-order valence-corrected chi connectivity index (χ1v) is 7.92. The van der Waals surface area contributed by atoms with Crippen molar-refractivity contribution in [1.82, 2.24) is 10.3 Å². The van der Waals surface area contributed by atoms with Gasteiger partial charge in [0.1, 0.15) is 5.76 Å². The van der Waals surface area contributed by atoms with Gasteiger partial charge in [-0.15, -0.1) is 0 Å². The van der Waals surface area contributed by atoms with Gasteiger partial charge in [0.05, 0.1) is 5.69 Å². The summed E-state index contributed by atoms with van der Waals surface area (Å²) in [6, 6.07) is 9.07. The van der Waals surface area contributed by atoms with E-state index in [0.717, 1.165) is 29.5 Å². The van der Waals surface area contributed by atoms with Gasteiger partial charge in [-0.2, -0.15) is 0 Å². The second kappa shape index (κ2) is 5.62. The molecule has 0 saturated heterocycles. The number of benzene rings is 1. The van der Waals surface area contributed by atoms with Crippen molar-refractivity contribution in [2.45, 2.75) is 43.2 Å². The molecule has 2 atom stereocenters. The minimum Gasteiger partial charge on any atom is -0.437 e. The van der Waals surface area contributed by atoms with Gasteiger partial charge >= 0.3 is 0 Å². The van der Waals surface area contributed by atoms with Crippen molar-refractivity contribution in [3.8, 4) is 0 Å². The standard InChI is InChI=1S/C16H20N2OS/c1-10-11(2)19-16(18-10)20-14-9-8-12-6-4-5-7-13(12)15(14)17-3/h4-7,14-15,17H,8-9H2,1-3H3. The summed E-state index contributed by atoms with van der Waals surface area (Å²) in [5.41, 5.74) is 3.87.